The number of rotatable bonds is 6. The molecular formula is C29H28N4O2. The highest BCUT2D eigenvalue weighted by molar-refractivity contribution is 6.03. The maximum absolute atomic E-state index is 13.2. The summed E-state index contributed by atoms with van der Waals surface area (Å²) in [5, 5.41) is 13.0. The number of anilines is 1. The first kappa shape index (κ1) is 22.9. The number of benzene rings is 2. The summed E-state index contributed by atoms with van der Waals surface area (Å²) in [5.74, 6) is -0.260. The van der Waals surface area contributed by atoms with Gasteiger partial charge in [-0.05, 0) is 72.0 Å². The third-order valence-electron chi connectivity index (χ3n) is 6.25. The van der Waals surface area contributed by atoms with E-state index < -0.39 is 0 Å². The average Bonchev–Trinajstić information content (AvgIpc) is 3.29. The zero-order valence-electron chi connectivity index (χ0n) is 19.7. The lowest BCUT2D eigenvalue weighted by Gasteiger charge is -2.17. The van der Waals surface area contributed by atoms with Gasteiger partial charge >= 0.3 is 0 Å². The molecule has 5 rings (SSSR count). The average molecular weight is 465 g/mol. The molecule has 0 bridgehead atoms. The van der Waals surface area contributed by atoms with Gasteiger partial charge in [0.15, 0.2) is 0 Å². The van der Waals surface area contributed by atoms with E-state index in [0.717, 1.165) is 46.5 Å². The Morgan fingerprint density at radius 3 is 2.57 bits per heavy atom. The van der Waals surface area contributed by atoms with Crippen molar-refractivity contribution >= 4 is 11.6 Å². The summed E-state index contributed by atoms with van der Waals surface area (Å²) in [5.41, 5.74) is 7.03. The van der Waals surface area contributed by atoms with Crippen molar-refractivity contribution in [2.24, 2.45) is 0 Å². The molecule has 2 aromatic heterocycles. The van der Waals surface area contributed by atoms with E-state index in [1.54, 1.807) is 6.20 Å². The molecule has 4 aromatic rings. The van der Waals surface area contributed by atoms with E-state index >= 15 is 0 Å². The van der Waals surface area contributed by atoms with Gasteiger partial charge in [-0.1, -0.05) is 36.4 Å². The smallest absolute Gasteiger partial charge is 0.274 e. The molecule has 1 aliphatic heterocycles. The van der Waals surface area contributed by atoms with E-state index in [2.05, 4.69) is 26.3 Å². The topological polar surface area (TPSA) is 78.4 Å². The molecular weight excluding hydrogens is 436 g/mol. The van der Waals surface area contributed by atoms with Gasteiger partial charge < -0.3 is 10.4 Å². The summed E-state index contributed by atoms with van der Waals surface area (Å²) < 4.78 is 0. The highest BCUT2D eigenvalue weighted by atomic mass is 16.3. The van der Waals surface area contributed by atoms with Gasteiger partial charge in [-0.25, -0.2) is 0 Å². The van der Waals surface area contributed by atoms with Crippen LogP contribution in [0.1, 0.15) is 28.2 Å². The molecule has 0 unspecified atom stereocenters. The quantitative estimate of drug-likeness (QED) is 0.423. The molecule has 0 saturated carbocycles. The number of nitrogens with one attached hydrogen (secondary N) is 1. The van der Waals surface area contributed by atoms with Crippen molar-refractivity contribution in [1.82, 2.24) is 14.9 Å². The van der Waals surface area contributed by atoms with Gasteiger partial charge in [-0.2, -0.15) is 0 Å². The Balaban J connectivity index is 1.43. The molecule has 6 heteroatoms. The zero-order chi connectivity index (χ0) is 24.2. The van der Waals surface area contributed by atoms with Gasteiger partial charge in [0.25, 0.3) is 5.91 Å². The van der Waals surface area contributed by atoms with E-state index in [4.69, 9.17) is 0 Å². The Bertz CT molecular complexity index is 1320. The minimum absolute atomic E-state index is 0.260. The number of hydrogen-bond donors (Lipinski definition) is 2. The number of nitrogens with zero attached hydrogens (tertiary/aromatic N) is 3. The van der Waals surface area contributed by atoms with Gasteiger partial charge in [-0.3, -0.25) is 19.7 Å². The summed E-state index contributed by atoms with van der Waals surface area (Å²) in [6.45, 7) is 4.18. The van der Waals surface area contributed by atoms with Crippen molar-refractivity contribution in [3.05, 3.63) is 102 Å². The third kappa shape index (κ3) is 5.62. The minimum atomic E-state index is -0.276. The van der Waals surface area contributed by atoms with Crippen molar-refractivity contribution in [3.8, 4) is 22.3 Å². The first-order valence-corrected chi connectivity index (χ1v) is 11.8. The Morgan fingerprint density at radius 2 is 1.83 bits per heavy atom. The normalized spacial score (nSPS) is 15.8. The number of amides is 1. The summed E-state index contributed by atoms with van der Waals surface area (Å²) in [4.78, 5) is 24.1. The second kappa shape index (κ2) is 10.2. The maximum Gasteiger partial charge on any atom is 0.274 e. The van der Waals surface area contributed by atoms with Crippen molar-refractivity contribution in [3.63, 3.8) is 0 Å². The second-order valence-corrected chi connectivity index (χ2v) is 9.03. The number of carbonyl (C=O) groups is 1. The molecule has 35 heavy (non-hydrogen) atoms. The lowest BCUT2D eigenvalue weighted by atomic mass is 10.0. The SMILES string of the molecule is Cc1ccc(-c2cc(CN3CC[C@@H](O)C3)cc(NC(=O)c3cc(-c4ccccc4)ccn3)c2)cn1. The summed E-state index contributed by atoms with van der Waals surface area (Å²) in [7, 11) is 0. The summed E-state index contributed by atoms with van der Waals surface area (Å²) in [6.07, 6.45) is 4.02. The summed E-state index contributed by atoms with van der Waals surface area (Å²) >= 11 is 0. The van der Waals surface area contributed by atoms with Crippen LogP contribution < -0.4 is 5.32 Å². The van der Waals surface area contributed by atoms with E-state index in [1.807, 2.05) is 79.9 Å². The number of aromatic nitrogens is 2. The van der Waals surface area contributed by atoms with E-state index in [1.165, 1.54) is 0 Å². The van der Waals surface area contributed by atoms with Crippen LogP contribution in [0.15, 0.2) is 85.2 Å². The molecule has 0 radical (unpaired) electrons. The molecule has 2 aromatic carbocycles. The van der Waals surface area contributed by atoms with Gasteiger partial charge in [0.05, 0.1) is 6.10 Å². The number of aryl methyl sites for hydroxylation is 1. The third-order valence-corrected chi connectivity index (χ3v) is 6.25. The van der Waals surface area contributed by atoms with E-state index in [-0.39, 0.29) is 12.0 Å². The molecule has 176 valence electrons. The van der Waals surface area contributed by atoms with Crippen molar-refractivity contribution in [1.29, 1.82) is 0 Å². The minimum Gasteiger partial charge on any atom is -0.392 e. The van der Waals surface area contributed by atoms with Crippen LogP contribution in [0.5, 0.6) is 0 Å². The fourth-order valence-electron chi connectivity index (χ4n) is 4.43. The molecule has 1 amide bonds. The summed E-state index contributed by atoms with van der Waals surface area (Å²) in [6, 6.07) is 23.8. The molecule has 0 spiro atoms. The molecule has 2 N–H and O–H groups in total. The second-order valence-electron chi connectivity index (χ2n) is 9.03. The molecule has 1 aliphatic rings. The fourth-order valence-corrected chi connectivity index (χ4v) is 4.43. The molecule has 3 heterocycles. The largest absolute Gasteiger partial charge is 0.392 e. The highest BCUT2D eigenvalue weighted by Crippen LogP contribution is 2.27. The number of pyridine rings is 2. The lowest BCUT2D eigenvalue weighted by Crippen LogP contribution is -2.21. The standard InChI is InChI=1S/C29H28N4O2/c1-20-7-8-24(17-31-20)25-13-21(18-33-12-10-27(34)19-33)14-26(15-25)32-29(35)28-16-23(9-11-30-28)22-5-3-2-4-6-22/h2-9,11,13-17,27,34H,10,12,18-19H2,1H3,(H,32,35)/t27-/m1/s1. The van der Waals surface area contributed by atoms with Crippen molar-refractivity contribution in [2.75, 3.05) is 18.4 Å². The molecule has 1 atom stereocenters. The van der Waals surface area contributed by atoms with Gasteiger partial charge in [0.1, 0.15) is 5.69 Å². The van der Waals surface area contributed by atoms with Crippen LogP contribution in [0.3, 0.4) is 0 Å². The fraction of sp³-hybridized carbons (Fsp3) is 0.207. The van der Waals surface area contributed by atoms with Crippen LogP contribution in [0, 0.1) is 6.92 Å². The molecule has 0 aliphatic carbocycles. The number of carbonyl (C=O) groups excluding carboxylic acids is 1. The van der Waals surface area contributed by atoms with Crippen LogP contribution in [0.4, 0.5) is 5.69 Å². The van der Waals surface area contributed by atoms with Crippen LogP contribution in [0.2, 0.25) is 0 Å². The lowest BCUT2D eigenvalue weighted by molar-refractivity contribution is 0.102. The molecule has 6 nitrogen and oxygen atoms in total. The van der Waals surface area contributed by atoms with Crippen molar-refractivity contribution in [2.45, 2.75) is 26.0 Å². The van der Waals surface area contributed by atoms with Crippen LogP contribution in [-0.2, 0) is 6.54 Å². The number of likely N-dealkylation sites (tertiary alicyclic amines) is 1. The van der Waals surface area contributed by atoms with E-state index in [9.17, 15) is 9.90 Å². The Kier molecular flexibility index (Phi) is 6.66. The van der Waals surface area contributed by atoms with Crippen LogP contribution in [0.25, 0.3) is 22.3 Å². The monoisotopic (exact) mass is 464 g/mol. The highest BCUT2D eigenvalue weighted by Gasteiger charge is 2.20. The Hall–Kier alpha value is -3.87. The zero-order valence-corrected chi connectivity index (χ0v) is 19.7. The number of aliphatic hydroxyl groups is 1. The predicted molar refractivity (Wildman–Crippen MR) is 138 cm³/mol. The molecule has 1 saturated heterocycles. The van der Waals surface area contributed by atoms with Crippen molar-refractivity contribution < 1.29 is 9.90 Å². The van der Waals surface area contributed by atoms with E-state index in [0.29, 0.717) is 24.5 Å². The van der Waals surface area contributed by atoms with Gasteiger partial charge in [0.2, 0.25) is 0 Å². The molecule has 1 fully saturated rings. The van der Waals surface area contributed by atoms with Gasteiger partial charge in [0, 0.05) is 49.0 Å². The van der Waals surface area contributed by atoms with Crippen LogP contribution >= 0.6 is 0 Å². The Labute approximate surface area is 205 Å². The number of aliphatic hydroxyl groups excluding tert-OH is 1. The first-order valence-electron chi connectivity index (χ1n) is 11.8. The Morgan fingerprint density at radius 1 is 0.971 bits per heavy atom. The number of hydrogen-bond acceptors (Lipinski definition) is 5. The first-order chi connectivity index (χ1) is 17.0. The van der Waals surface area contributed by atoms with Gasteiger partial charge in [-0.15, -0.1) is 0 Å². The predicted octanol–water partition coefficient (Wildman–Crippen LogP) is 4.94. The number of β-amino-alcohol motifs (C(OH)–C–C–N with tert-alkyl or cyclic N) is 1. The maximum atomic E-state index is 13.2. The van der Waals surface area contributed by atoms with Crippen LogP contribution in [-0.4, -0.2) is 45.1 Å².